The molecule has 0 spiro atoms. The molecule has 0 bridgehead atoms. The van der Waals surface area contributed by atoms with E-state index in [-0.39, 0.29) is 5.82 Å². The predicted octanol–water partition coefficient (Wildman–Crippen LogP) is 7.13. The number of aromatic nitrogens is 4. The average Bonchev–Trinajstić information content (AvgIpc) is 3.36. The molecule has 0 radical (unpaired) electrons. The monoisotopic (exact) mass is 516 g/mol. The second kappa shape index (κ2) is 10.6. The van der Waals surface area contributed by atoms with Crippen molar-refractivity contribution in [3.05, 3.63) is 89.5 Å². The number of thioether (sulfide) groups is 1. The Hall–Kier alpha value is -3.23. The second-order valence-corrected chi connectivity index (χ2v) is 10.7. The van der Waals surface area contributed by atoms with Crippen LogP contribution in [0.5, 0.6) is 5.75 Å². The van der Waals surface area contributed by atoms with E-state index in [0.717, 1.165) is 39.7 Å². The lowest BCUT2D eigenvalue weighted by molar-refractivity contribution is -0.112. The van der Waals surface area contributed by atoms with Crippen molar-refractivity contribution in [2.75, 3.05) is 0 Å². The molecule has 4 aromatic rings. The van der Waals surface area contributed by atoms with Crippen molar-refractivity contribution >= 4 is 11.8 Å². The molecule has 1 fully saturated rings. The van der Waals surface area contributed by atoms with E-state index < -0.39 is 6.29 Å². The van der Waals surface area contributed by atoms with Crippen LogP contribution in [0, 0.1) is 11.7 Å². The highest BCUT2D eigenvalue weighted by Crippen LogP contribution is 2.42. The summed E-state index contributed by atoms with van der Waals surface area (Å²) in [6, 6.07) is 17.1. The fraction of sp³-hybridized carbons (Fsp3) is 0.345. The molecule has 0 amide bonds. The van der Waals surface area contributed by atoms with Crippen LogP contribution in [0.3, 0.4) is 0 Å². The molecule has 1 aliphatic carbocycles. The van der Waals surface area contributed by atoms with Crippen LogP contribution in [0.15, 0.2) is 72.1 Å². The van der Waals surface area contributed by atoms with E-state index >= 15 is 0 Å². The number of pyridine rings is 1. The van der Waals surface area contributed by atoms with Gasteiger partial charge in [0.25, 0.3) is 0 Å². The number of benzene rings is 2. The minimum atomic E-state index is -0.521. The van der Waals surface area contributed by atoms with Crippen LogP contribution in [0.25, 0.3) is 11.4 Å². The molecular formula is C29H29FN4O2S. The van der Waals surface area contributed by atoms with E-state index in [1.807, 2.05) is 48.7 Å². The molecule has 2 aromatic carbocycles. The standard InChI is InChI=1S/C29H29FN4O2S/c1-19-8-5-6-12-25(19)34-27(21-11-7-13-31-16-21)32-33-29(34)37-18-23-15-24(30)14-22-17-35-28(36-26(22)23)20-9-3-2-4-10-20/h2-4,7,9-11,13-16,19,25,28H,5-6,8,12,17-18H2,1H3/t19-,25-,28-/m1/s1. The Labute approximate surface area is 220 Å². The summed E-state index contributed by atoms with van der Waals surface area (Å²) in [5.41, 5.74) is 3.40. The smallest absolute Gasteiger partial charge is 0.227 e. The van der Waals surface area contributed by atoms with E-state index in [4.69, 9.17) is 9.47 Å². The normalized spacial score (nSPS) is 21.3. The molecule has 0 saturated heterocycles. The molecule has 2 aromatic heterocycles. The molecule has 6 rings (SSSR count). The summed E-state index contributed by atoms with van der Waals surface area (Å²) in [5.74, 6) is 2.27. The number of fused-ring (bicyclic) bond motifs is 1. The first-order valence-corrected chi connectivity index (χ1v) is 13.8. The van der Waals surface area contributed by atoms with Gasteiger partial charge in [0.15, 0.2) is 11.0 Å². The maximum Gasteiger partial charge on any atom is 0.227 e. The molecule has 0 unspecified atom stereocenters. The van der Waals surface area contributed by atoms with Crippen LogP contribution in [0.2, 0.25) is 0 Å². The zero-order chi connectivity index (χ0) is 25.2. The van der Waals surface area contributed by atoms with E-state index in [0.29, 0.717) is 30.1 Å². The molecule has 190 valence electrons. The van der Waals surface area contributed by atoms with Crippen LogP contribution in [-0.2, 0) is 17.1 Å². The van der Waals surface area contributed by atoms with Gasteiger partial charge in [0.2, 0.25) is 6.29 Å². The minimum Gasteiger partial charge on any atom is -0.460 e. The van der Waals surface area contributed by atoms with Gasteiger partial charge in [0.05, 0.1) is 6.61 Å². The summed E-state index contributed by atoms with van der Waals surface area (Å²) in [4.78, 5) is 4.30. The molecular weight excluding hydrogens is 487 g/mol. The first-order valence-electron chi connectivity index (χ1n) is 12.8. The Balaban J connectivity index is 1.31. The lowest BCUT2D eigenvalue weighted by Crippen LogP contribution is -2.22. The van der Waals surface area contributed by atoms with Gasteiger partial charge in [-0.15, -0.1) is 10.2 Å². The lowest BCUT2D eigenvalue weighted by Gasteiger charge is -2.31. The second-order valence-electron chi connectivity index (χ2n) is 9.76. The molecule has 37 heavy (non-hydrogen) atoms. The summed E-state index contributed by atoms with van der Waals surface area (Å²) in [7, 11) is 0. The van der Waals surface area contributed by atoms with Gasteiger partial charge < -0.3 is 9.47 Å². The first kappa shape index (κ1) is 24.1. The highest BCUT2D eigenvalue weighted by atomic mass is 32.2. The molecule has 2 aliphatic rings. The van der Waals surface area contributed by atoms with E-state index in [2.05, 4.69) is 26.7 Å². The number of ether oxygens (including phenoxy) is 2. The molecule has 1 saturated carbocycles. The highest BCUT2D eigenvalue weighted by molar-refractivity contribution is 7.98. The van der Waals surface area contributed by atoms with Gasteiger partial charge in [-0.05, 0) is 43.0 Å². The molecule has 3 atom stereocenters. The van der Waals surface area contributed by atoms with Crippen molar-refractivity contribution in [3.63, 3.8) is 0 Å². The predicted molar refractivity (Wildman–Crippen MR) is 140 cm³/mol. The van der Waals surface area contributed by atoms with Crippen molar-refractivity contribution in [2.24, 2.45) is 5.92 Å². The minimum absolute atomic E-state index is 0.293. The lowest BCUT2D eigenvalue weighted by atomic mass is 9.85. The van der Waals surface area contributed by atoms with Crippen LogP contribution >= 0.6 is 11.8 Å². The van der Waals surface area contributed by atoms with Gasteiger partial charge in [0.1, 0.15) is 11.6 Å². The van der Waals surface area contributed by atoms with E-state index in [1.165, 1.54) is 25.3 Å². The maximum atomic E-state index is 14.6. The van der Waals surface area contributed by atoms with Crippen molar-refractivity contribution in [1.82, 2.24) is 19.7 Å². The highest BCUT2D eigenvalue weighted by Gasteiger charge is 2.30. The molecule has 8 heteroatoms. The molecule has 1 aliphatic heterocycles. The number of rotatable bonds is 6. The Kier molecular flexibility index (Phi) is 6.93. The summed E-state index contributed by atoms with van der Waals surface area (Å²) in [6.07, 6.45) is 7.80. The fourth-order valence-electron chi connectivity index (χ4n) is 5.35. The quantitative estimate of drug-likeness (QED) is 0.254. The number of hydrogen-bond donors (Lipinski definition) is 0. The Morgan fingerprint density at radius 3 is 2.73 bits per heavy atom. The Bertz CT molecular complexity index is 1370. The van der Waals surface area contributed by atoms with Gasteiger partial charge in [-0.3, -0.25) is 9.55 Å². The summed E-state index contributed by atoms with van der Waals surface area (Å²) < 4.78 is 29.0. The largest absolute Gasteiger partial charge is 0.460 e. The third-order valence-corrected chi connectivity index (χ3v) is 8.23. The van der Waals surface area contributed by atoms with Gasteiger partial charge in [-0.2, -0.15) is 0 Å². The number of nitrogens with zero attached hydrogens (tertiary/aromatic N) is 4. The van der Waals surface area contributed by atoms with Crippen LogP contribution in [0.4, 0.5) is 4.39 Å². The van der Waals surface area contributed by atoms with Crippen molar-refractivity contribution < 1.29 is 13.9 Å². The molecule has 0 N–H and O–H groups in total. The Morgan fingerprint density at radius 1 is 1.05 bits per heavy atom. The van der Waals surface area contributed by atoms with Crippen LogP contribution < -0.4 is 4.74 Å². The first-order chi connectivity index (χ1) is 18.2. The van der Waals surface area contributed by atoms with Gasteiger partial charge >= 0.3 is 0 Å². The molecule has 6 nitrogen and oxygen atoms in total. The Morgan fingerprint density at radius 2 is 1.92 bits per heavy atom. The number of hydrogen-bond acceptors (Lipinski definition) is 6. The van der Waals surface area contributed by atoms with Gasteiger partial charge in [-0.25, -0.2) is 4.39 Å². The van der Waals surface area contributed by atoms with Gasteiger partial charge in [0, 0.05) is 46.4 Å². The molecule has 3 heterocycles. The summed E-state index contributed by atoms with van der Waals surface area (Å²) in [6.45, 7) is 2.61. The van der Waals surface area contributed by atoms with E-state index in [9.17, 15) is 4.39 Å². The van der Waals surface area contributed by atoms with Crippen molar-refractivity contribution in [3.8, 4) is 17.1 Å². The SMILES string of the molecule is C[C@@H]1CCCC[C@H]1n1c(SCc2cc(F)cc3c2O[C@H](c2ccccc2)OC3)nnc1-c1cccnc1. The van der Waals surface area contributed by atoms with Crippen molar-refractivity contribution in [2.45, 2.75) is 62.5 Å². The number of halogens is 1. The topological polar surface area (TPSA) is 62.1 Å². The zero-order valence-corrected chi connectivity index (χ0v) is 21.5. The fourth-order valence-corrected chi connectivity index (χ4v) is 6.31. The average molecular weight is 517 g/mol. The van der Waals surface area contributed by atoms with Crippen LogP contribution in [0.1, 0.15) is 61.6 Å². The third kappa shape index (κ3) is 5.00. The van der Waals surface area contributed by atoms with Crippen molar-refractivity contribution in [1.29, 1.82) is 0 Å². The van der Waals surface area contributed by atoms with Gasteiger partial charge in [-0.1, -0.05) is 61.9 Å². The van der Waals surface area contributed by atoms with Crippen LogP contribution in [-0.4, -0.2) is 19.7 Å². The zero-order valence-electron chi connectivity index (χ0n) is 20.7. The summed E-state index contributed by atoms with van der Waals surface area (Å²) >= 11 is 1.57. The third-order valence-electron chi connectivity index (χ3n) is 7.23. The summed E-state index contributed by atoms with van der Waals surface area (Å²) in [5, 5.41) is 10.0. The van der Waals surface area contributed by atoms with E-state index in [1.54, 1.807) is 24.0 Å². The maximum absolute atomic E-state index is 14.6.